The summed E-state index contributed by atoms with van der Waals surface area (Å²) in [4.78, 5) is 0. The van der Waals surface area contributed by atoms with Crippen molar-refractivity contribution in [3.05, 3.63) is 35.9 Å². The molecule has 0 amide bonds. The van der Waals surface area contributed by atoms with E-state index in [0.717, 1.165) is 6.42 Å². The van der Waals surface area contributed by atoms with E-state index >= 15 is 0 Å². The molecule has 1 aromatic carbocycles. The van der Waals surface area contributed by atoms with Crippen LogP contribution in [-0.2, 0) is 6.42 Å². The Labute approximate surface area is 115 Å². The van der Waals surface area contributed by atoms with Gasteiger partial charge in [-0.05, 0) is 18.0 Å². The van der Waals surface area contributed by atoms with E-state index in [1.165, 1.54) is 5.56 Å². The molecule has 0 aliphatic heterocycles. The largest absolute Gasteiger partial charge is 0.358 e. The van der Waals surface area contributed by atoms with Gasteiger partial charge in [0.15, 0.2) is 0 Å². The van der Waals surface area contributed by atoms with Crippen LogP contribution in [0.2, 0.25) is 6.04 Å². The van der Waals surface area contributed by atoms with E-state index in [1.54, 1.807) is 0 Å². The first-order valence-corrected chi connectivity index (χ1v) is 14.6. The smallest absolute Gasteiger partial charge is 0.145 e. The molecular weight excluding hydrogens is 330 g/mol. The van der Waals surface area contributed by atoms with Crippen molar-refractivity contribution in [1.82, 2.24) is 0 Å². The van der Waals surface area contributed by atoms with Crippen molar-refractivity contribution in [3.63, 3.8) is 0 Å². The van der Waals surface area contributed by atoms with Crippen LogP contribution < -0.4 is 0 Å². The Bertz CT molecular complexity index is 309. The molecule has 0 N–H and O–H groups in total. The molecule has 0 atom stereocenters. The van der Waals surface area contributed by atoms with Crippen LogP contribution in [0.25, 0.3) is 0 Å². The van der Waals surface area contributed by atoms with Gasteiger partial charge in [-0.3, -0.25) is 0 Å². The van der Waals surface area contributed by atoms with Crippen molar-refractivity contribution in [1.29, 1.82) is 0 Å². The van der Waals surface area contributed by atoms with Crippen LogP contribution >= 0.6 is 55.4 Å². The number of hydrogen-bond acceptors (Lipinski definition) is 0. The maximum atomic E-state index is 6.13. The van der Waals surface area contributed by atoms with Gasteiger partial charge in [-0.2, -0.15) is 0 Å². The zero-order valence-corrected chi connectivity index (χ0v) is 13.5. The van der Waals surface area contributed by atoms with Crippen molar-refractivity contribution < 1.29 is 0 Å². The molecule has 0 heterocycles. The molecule has 15 heavy (non-hydrogen) atoms. The molecule has 0 aromatic heterocycles. The van der Waals surface area contributed by atoms with E-state index in [2.05, 4.69) is 0 Å². The predicted octanol–water partition coefficient (Wildman–Crippen LogP) is 4.88. The van der Waals surface area contributed by atoms with Crippen LogP contribution in [0.3, 0.4) is 0 Å². The van der Waals surface area contributed by atoms with Crippen molar-refractivity contribution in [2.45, 2.75) is 12.5 Å². The highest BCUT2D eigenvalue weighted by molar-refractivity contribution is 8.02. The fourth-order valence-electron chi connectivity index (χ4n) is 1.09. The van der Waals surface area contributed by atoms with E-state index in [4.69, 9.17) is 55.4 Å². The molecule has 0 aliphatic rings. The highest BCUT2D eigenvalue weighted by Gasteiger charge is 2.52. The number of aryl methyl sites for hydroxylation is 1. The van der Waals surface area contributed by atoms with E-state index in [9.17, 15) is 0 Å². The van der Waals surface area contributed by atoms with E-state index < -0.39 is 11.7 Å². The molecule has 0 aliphatic carbocycles. The minimum Gasteiger partial charge on any atom is -0.145 e. The fraction of sp³-hybridized carbons (Fsp3) is 0.250. The molecule has 0 bridgehead atoms. The monoisotopic (exact) mass is 336 g/mol. The van der Waals surface area contributed by atoms with Crippen LogP contribution in [0, 0.1) is 0 Å². The lowest BCUT2D eigenvalue weighted by molar-refractivity contribution is 1.12. The van der Waals surface area contributed by atoms with Gasteiger partial charge in [0.25, 0.3) is 6.21 Å². The van der Waals surface area contributed by atoms with Crippen molar-refractivity contribution in [2.24, 2.45) is 0 Å². The molecule has 1 rings (SSSR count). The van der Waals surface area contributed by atoms with Crippen LogP contribution in [0.5, 0.6) is 0 Å². The number of benzene rings is 1. The second-order valence-corrected chi connectivity index (χ2v) is 27.0. The Balaban J connectivity index is 2.58. The van der Waals surface area contributed by atoms with Gasteiger partial charge in [0.2, 0.25) is 0 Å². The Morgan fingerprint density at radius 1 is 0.867 bits per heavy atom. The SMILES string of the molecule is Cl[Si](Cl)(Cl)[Si](Cl)(Cl)CCc1ccccc1. The summed E-state index contributed by atoms with van der Waals surface area (Å²) in [6, 6.07) is 10.5. The summed E-state index contributed by atoms with van der Waals surface area (Å²) in [5.41, 5.74) is -1.79. The molecule has 7 heteroatoms. The lowest BCUT2D eigenvalue weighted by Crippen LogP contribution is -2.42. The maximum absolute atomic E-state index is 6.13. The Hall–Kier alpha value is 1.10. The lowest BCUT2D eigenvalue weighted by atomic mass is 10.2. The van der Waals surface area contributed by atoms with E-state index in [1.807, 2.05) is 30.3 Å². The van der Waals surface area contributed by atoms with Gasteiger partial charge in [-0.1, -0.05) is 30.3 Å². The topological polar surface area (TPSA) is 0 Å². The summed E-state index contributed by atoms with van der Waals surface area (Å²) < 4.78 is 0. The Morgan fingerprint density at radius 3 is 1.87 bits per heavy atom. The second-order valence-electron chi connectivity index (χ2n) is 3.19. The summed E-state index contributed by atoms with van der Waals surface area (Å²) in [6.07, 6.45) is -1.94. The number of rotatable bonds is 4. The van der Waals surface area contributed by atoms with Gasteiger partial charge in [-0.25, -0.2) is 0 Å². The van der Waals surface area contributed by atoms with Gasteiger partial charge in [0.1, 0.15) is 0 Å². The Kier molecular flexibility index (Phi) is 5.32. The third kappa shape index (κ3) is 4.46. The molecule has 0 saturated carbocycles. The highest BCUT2D eigenvalue weighted by atomic mass is 35.9. The molecular formula is C8H9Cl5Si2. The molecule has 0 saturated heterocycles. The molecule has 0 unspecified atom stereocenters. The zero-order chi connectivity index (χ0) is 11.5. The third-order valence-corrected chi connectivity index (χ3v) is 27.1. The number of halogens is 5. The second kappa shape index (κ2) is 5.63. The molecule has 0 fully saturated rings. The minimum absolute atomic E-state index is 0.586. The van der Waals surface area contributed by atoms with Crippen LogP contribution in [-0.4, -0.2) is 11.7 Å². The van der Waals surface area contributed by atoms with Crippen molar-refractivity contribution in [3.8, 4) is 0 Å². The van der Waals surface area contributed by atoms with Gasteiger partial charge in [-0.15, -0.1) is 55.4 Å². The first-order chi connectivity index (χ1) is 6.83. The van der Waals surface area contributed by atoms with Crippen LogP contribution in [0.1, 0.15) is 5.56 Å². The summed E-state index contributed by atoms with van der Waals surface area (Å²) >= 11 is 29.8. The Morgan fingerprint density at radius 2 is 1.40 bits per heavy atom. The van der Waals surface area contributed by atoms with Crippen LogP contribution in [0.15, 0.2) is 30.3 Å². The van der Waals surface area contributed by atoms with Crippen LogP contribution in [0.4, 0.5) is 0 Å². The fourth-order valence-corrected chi connectivity index (χ4v) is 6.32. The number of hydrogen-bond donors (Lipinski definition) is 0. The highest BCUT2D eigenvalue weighted by Crippen LogP contribution is 2.40. The first-order valence-electron chi connectivity index (χ1n) is 4.31. The zero-order valence-electron chi connectivity index (χ0n) is 7.69. The van der Waals surface area contributed by atoms with Gasteiger partial charge >= 0.3 is 5.52 Å². The molecule has 0 spiro atoms. The third-order valence-electron chi connectivity index (χ3n) is 1.99. The minimum atomic E-state index is -2.95. The maximum Gasteiger partial charge on any atom is 0.358 e. The van der Waals surface area contributed by atoms with Gasteiger partial charge in [0, 0.05) is 0 Å². The van der Waals surface area contributed by atoms with E-state index in [0.29, 0.717) is 6.04 Å². The van der Waals surface area contributed by atoms with Gasteiger partial charge in [0.05, 0.1) is 0 Å². The first kappa shape index (κ1) is 14.2. The molecule has 0 radical (unpaired) electrons. The summed E-state index contributed by atoms with van der Waals surface area (Å²) in [5, 5.41) is 0. The summed E-state index contributed by atoms with van der Waals surface area (Å²) in [7, 11) is 0. The van der Waals surface area contributed by atoms with Crippen molar-refractivity contribution >= 4 is 67.1 Å². The normalized spacial score (nSPS) is 12.9. The van der Waals surface area contributed by atoms with E-state index in [-0.39, 0.29) is 0 Å². The summed E-state index contributed by atoms with van der Waals surface area (Å²) in [5.74, 6) is 0. The molecule has 0 nitrogen and oxygen atoms in total. The lowest BCUT2D eigenvalue weighted by Gasteiger charge is -2.21. The average Bonchev–Trinajstić information content (AvgIpc) is 2.15. The van der Waals surface area contributed by atoms with Gasteiger partial charge < -0.3 is 0 Å². The van der Waals surface area contributed by atoms with Crippen molar-refractivity contribution in [2.75, 3.05) is 0 Å². The summed E-state index contributed by atoms with van der Waals surface area (Å²) in [6.45, 7) is 0. The average molecular weight is 339 g/mol. The molecule has 1 aromatic rings. The standard InChI is InChI=1S/C8H9Cl5Si2/c9-14(10,15(11,12)13)7-6-8-4-2-1-3-5-8/h1-5H,6-7H2. The predicted molar refractivity (Wildman–Crippen MR) is 75.7 cm³/mol. The molecule has 84 valence electrons. The quantitative estimate of drug-likeness (QED) is 0.542.